The van der Waals surface area contributed by atoms with Gasteiger partial charge in [-0.05, 0) is 12.1 Å². The van der Waals surface area contributed by atoms with Crippen LogP contribution in [0, 0.1) is 0 Å². The molecule has 0 aliphatic carbocycles. The van der Waals surface area contributed by atoms with E-state index in [9.17, 15) is 4.79 Å². The summed E-state index contributed by atoms with van der Waals surface area (Å²) in [5, 5.41) is 0.525. The summed E-state index contributed by atoms with van der Waals surface area (Å²) in [6.45, 7) is 0. The Morgan fingerprint density at radius 3 is 2.92 bits per heavy atom. The smallest absolute Gasteiger partial charge is 0.365 e. The van der Waals surface area contributed by atoms with Gasteiger partial charge in [0.2, 0.25) is 0 Å². The van der Waals surface area contributed by atoms with Crippen LogP contribution in [-0.4, -0.2) is 4.74 Å². The number of hydrogen-bond acceptors (Lipinski definition) is 3. The molecule has 1 heterocycles. The molecule has 0 aliphatic heterocycles. The van der Waals surface area contributed by atoms with E-state index in [0.29, 0.717) is 16.6 Å². The first-order valence-corrected chi connectivity index (χ1v) is 3.54. The quantitative estimate of drug-likeness (QED) is 0.583. The van der Waals surface area contributed by atoms with E-state index in [1.807, 2.05) is 0 Å². The molecule has 0 fully saturated rings. The third-order valence-electron chi connectivity index (χ3n) is 1.82. The Balaban J connectivity index is 3.09. The first kappa shape index (κ1) is 6.97. The Morgan fingerprint density at radius 2 is 2.25 bits per heavy atom. The molecule has 0 spiro atoms. The fourth-order valence-corrected chi connectivity index (χ4v) is 1.30. The highest BCUT2D eigenvalue weighted by molar-refractivity contribution is 5.88. The first-order valence-electron chi connectivity index (χ1n) is 3.54. The van der Waals surface area contributed by atoms with Crippen molar-refractivity contribution in [3.8, 4) is 0 Å². The number of para-hydroxylation sites is 1. The van der Waals surface area contributed by atoms with Crippen molar-refractivity contribution in [2.24, 2.45) is 7.05 Å². The van der Waals surface area contributed by atoms with Crippen LogP contribution in [0.3, 0.4) is 0 Å². The van der Waals surface area contributed by atoms with Crippen LogP contribution < -0.4 is 11.4 Å². The molecule has 1 aromatic carbocycles. The minimum atomic E-state index is -0.347. The second kappa shape index (κ2) is 2.14. The van der Waals surface area contributed by atoms with Gasteiger partial charge in [0.15, 0.2) is 0 Å². The summed E-state index contributed by atoms with van der Waals surface area (Å²) < 4.78 is 6.21. The molecule has 4 heteroatoms. The lowest BCUT2D eigenvalue weighted by Crippen LogP contribution is -1.91. The standard InChI is InChI=1S/C8H8N2O2/c1-10-7-5(8(11)12-10)3-2-4-6(7)9/h2-4H,9H2,1H3. The SMILES string of the molecule is Cn1oc(=O)c2cccc(N)c21. The molecule has 0 aliphatic rings. The van der Waals surface area contributed by atoms with Crippen molar-refractivity contribution in [2.45, 2.75) is 0 Å². The third kappa shape index (κ3) is 0.747. The lowest BCUT2D eigenvalue weighted by atomic mass is 10.2. The molecule has 0 saturated heterocycles. The van der Waals surface area contributed by atoms with Crippen LogP contribution in [0.2, 0.25) is 0 Å². The van der Waals surface area contributed by atoms with E-state index in [-0.39, 0.29) is 5.63 Å². The maximum atomic E-state index is 11.1. The van der Waals surface area contributed by atoms with Crippen molar-refractivity contribution in [3.63, 3.8) is 0 Å². The van der Waals surface area contributed by atoms with E-state index in [2.05, 4.69) is 0 Å². The monoisotopic (exact) mass is 164 g/mol. The molecule has 2 N–H and O–H groups in total. The molecule has 2 rings (SSSR count). The lowest BCUT2D eigenvalue weighted by Gasteiger charge is -1.95. The second-order valence-electron chi connectivity index (χ2n) is 2.62. The highest BCUT2D eigenvalue weighted by Crippen LogP contribution is 2.16. The van der Waals surface area contributed by atoms with E-state index in [1.54, 1.807) is 25.2 Å². The maximum absolute atomic E-state index is 11.1. The minimum Gasteiger partial charge on any atom is -0.397 e. The minimum absolute atomic E-state index is 0.347. The highest BCUT2D eigenvalue weighted by Gasteiger charge is 2.07. The number of nitrogens with two attached hydrogens (primary N) is 1. The molecular weight excluding hydrogens is 156 g/mol. The van der Waals surface area contributed by atoms with Crippen molar-refractivity contribution in [1.29, 1.82) is 0 Å². The van der Waals surface area contributed by atoms with Gasteiger partial charge < -0.3 is 10.3 Å². The van der Waals surface area contributed by atoms with E-state index < -0.39 is 0 Å². The molecule has 12 heavy (non-hydrogen) atoms. The number of rotatable bonds is 0. The van der Waals surface area contributed by atoms with Crippen molar-refractivity contribution in [1.82, 2.24) is 4.74 Å². The largest absolute Gasteiger partial charge is 0.397 e. The van der Waals surface area contributed by atoms with E-state index in [1.165, 1.54) is 4.74 Å². The zero-order valence-corrected chi connectivity index (χ0v) is 6.57. The maximum Gasteiger partial charge on any atom is 0.365 e. The van der Waals surface area contributed by atoms with Crippen molar-refractivity contribution in [2.75, 3.05) is 5.73 Å². The summed E-state index contributed by atoms with van der Waals surface area (Å²) in [4.78, 5) is 11.1. The molecule has 0 amide bonds. The molecule has 2 aromatic rings. The van der Waals surface area contributed by atoms with Crippen LogP contribution >= 0.6 is 0 Å². The summed E-state index contributed by atoms with van der Waals surface area (Å²) in [7, 11) is 1.65. The highest BCUT2D eigenvalue weighted by atomic mass is 16.5. The van der Waals surface area contributed by atoms with Crippen LogP contribution in [0.4, 0.5) is 5.69 Å². The second-order valence-corrected chi connectivity index (χ2v) is 2.62. The van der Waals surface area contributed by atoms with E-state index in [4.69, 9.17) is 10.3 Å². The Hall–Kier alpha value is -1.71. The Bertz CT molecular complexity index is 481. The third-order valence-corrected chi connectivity index (χ3v) is 1.82. The van der Waals surface area contributed by atoms with Gasteiger partial charge >= 0.3 is 5.63 Å². The molecule has 62 valence electrons. The van der Waals surface area contributed by atoms with Gasteiger partial charge in [0.25, 0.3) is 0 Å². The van der Waals surface area contributed by atoms with Gasteiger partial charge in [-0.2, -0.15) is 0 Å². The fourth-order valence-electron chi connectivity index (χ4n) is 1.30. The number of nitrogen functional groups attached to an aromatic ring is 1. The van der Waals surface area contributed by atoms with Gasteiger partial charge in [-0.1, -0.05) is 6.07 Å². The number of aryl methyl sites for hydroxylation is 1. The van der Waals surface area contributed by atoms with Crippen molar-refractivity contribution in [3.05, 3.63) is 28.6 Å². The Labute approximate surface area is 68.2 Å². The van der Waals surface area contributed by atoms with Crippen LogP contribution in [0.1, 0.15) is 0 Å². The summed E-state index contributed by atoms with van der Waals surface area (Å²) >= 11 is 0. The average molecular weight is 164 g/mol. The van der Waals surface area contributed by atoms with Crippen molar-refractivity contribution < 1.29 is 4.52 Å². The summed E-state index contributed by atoms with van der Waals surface area (Å²) in [5.41, 5.74) is 6.51. The molecular formula is C8H8N2O2. The number of hydrogen-bond donors (Lipinski definition) is 1. The van der Waals surface area contributed by atoms with Crippen LogP contribution in [0.15, 0.2) is 27.5 Å². The zero-order valence-electron chi connectivity index (χ0n) is 6.57. The number of nitrogens with zero attached hydrogens (tertiary/aromatic N) is 1. The van der Waals surface area contributed by atoms with Gasteiger partial charge in [-0.15, -0.1) is 0 Å². The predicted molar refractivity (Wildman–Crippen MR) is 45.9 cm³/mol. The molecule has 0 bridgehead atoms. The molecule has 0 saturated carbocycles. The molecule has 1 aromatic heterocycles. The lowest BCUT2D eigenvalue weighted by molar-refractivity contribution is 0.296. The van der Waals surface area contributed by atoms with Gasteiger partial charge in [0.05, 0.1) is 11.1 Å². The van der Waals surface area contributed by atoms with E-state index >= 15 is 0 Å². The fraction of sp³-hybridized carbons (Fsp3) is 0.125. The molecule has 0 atom stereocenters. The zero-order chi connectivity index (χ0) is 8.72. The molecule has 0 radical (unpaired) electrons. The molecule has 4 nitrogen and oxygen atoms in total. The van der Waals surface area contributed by atoms with Crippen LogP contribution in [0.25, 0.3) is 10.9 Å². The molecule has 0 unspecified atom stereocenters. The first-order chi connectivity index (χ1) is 5.70. The van der Waals surface area contributed by atoms with Gasteiger partial charge in [0.1, 0.15) is 5.52 Å². The number of fused-ring (bicyclic) bond motifs is 1. The predicted octanol–water partition coefficient (Wildman–Crippen LogP) is 0.714. The summed E-state index contributed by atoms with van der Waals surface area (Å²) in [5.74, 6) is 0. The number of benzene rings is 1. The van der Waals surface area contributed by atoms with Gasteiger partial charge in [-0.25, -0.2) is 9.53 Å². The van der Waals surface area contributed by atoms with Crippen LogP contribution in [0.5, 0.6) is 0 Å². The van der Waals surface area contributed by atoms with Crippen LogP contribution in [-0.2, 0) is 7.05 Å². The van der Waals surface area contributed by atoms with E-state index in [0.717, 1.165) is 0 Å². The Kier molecular flexibility index (Phi) is 1.24. The average Bonchev–Trinajstić information content (AvgIpc) is 2.29. The number of anilines is 1. The Morgan fingerprint density at radius 1 is 1.50 bits per heavy atom. The van der Waals surface area contributed by atoms with Crippen molar-refractivity contribution >= 4 is 16.6 Å². The summed E-state index contributed by atoms with van der Waals surface area (Å²) in [6, 6.07) is 5.16. The number of aromatic nitrogens is 1. The summed E-state index contributed by atoms with van der Waals surface area (Å²) in [6.07, 6.45) is 0. The van der Waals surface area contributed by atoms with Gasteiger partial charge in [0, 0.05) is 7.05 Å². The van der Waals surface area contributed by atoms with Gasteiger partial charge in [-0.3, -0.25) is 0 Å². The topological polar surface area (TPSA) is 61.2 Å². The normalized spacial score (nSPS) is 10.8.